The molecule has 0 amide bonds. The van der Waals surface area contributed by atoms with Crippen LogP contribution in [-0.4, -0.2) is 42.7 Å². The summed E-state index contributed by atoms with van der Waals surface area (Å²) < 4.78 is 5.16. The molecule has 1 aliphatic carbocycles. The number of H-pyrrole nitrogens is 1. The molecule has 0 unspecified atom stereocenters. The SMILES string of the molecule is CCNC(=NCCc1c[nH]c2c(C)cccc12)NC1CCC(C(=O)OCC)CC1. The van der Waals surface area contributed by atoms with Gasteiger partial charge in [-0.3, -0.25) is 9.79 Å². The van der Waals surface area contributed by atoms with Crippen LogP contribution in [0.2, 0.25) is 0 Å². The van der Waals surface area contributed by atoms with Crippen molar-refractivity contribution in [2.24, 2.45) is 10.9 Å². The summed E-state index contributed by atoms with van der Waals surface area (Å²) in [6.45, 7) is 8.10. The highest BCUT2D eigenvalue weighted by Gasteiger charge is 2.27. The van der Waals surface area contributed by atoms with Crippen molar-refractivity contribution >= 4 is 22.8 Å². The molecule has 1 aromatic heterocycles. The minimum absolute atomic E-state index is 0.0412. The number of para-hydroxylation sites is 1. The van der Waals surface area contributed by atoms with Crippen LogP contribution in [0.3, 0.4) is 0 Å². The molecule has 1 aromatic carbocycles. The zero-order chi connectivity index (χ0) is 20.6. The van der Waals surface area contributed by atoms with Crippen LogP contribution in [0.15, 0.2) is 29.4 Å². The second-order valence-electron chi connectivity index (χ2n) is 7.77. The standard InChI is InChI=1S/C23H34N4O2/c1-4-24-23(27-19-11-9-17(10-12-19)22(28)29-5-2)25-14-13-18-15-26-21-16(3)7-6-8-20(18)21/h6-8,15,17,19,26H,4-5,9-14H2,1-3H3,(H2,24,25,27). The van der Waals surface area contributed by atoms with Gasteiger partial charge in [0.2, 0.25) is 0 Å². The molecule has 3 N–H and O–H groups in total. The van der Waals surface area contributed by atoms with Gasteiger partial charge in [-0.05, 0) is 64.0 Å². The molecule has 0 bridgehead atoms. The number of benzene rings is 1. The number of aromatic nitrogens is 1. The lowest BCUT2D eigenvalue weighted by Crippen LogP contribution is -2.45. The number of nitrogens with one attached hydrogen (secondary N) is 3. The van der Waals surface area contributed by atoms with Gasteiger partial charge in [0.05, 0.1) is 12.5 Å². The van der Waals surface area contributed by atoms with Gasteiger partial charge in [0, 0.05) is 36.2 Å². The van der Waals surface area contributed by atoms with Gasteiger partial charge in [-0.2, -0.15) is 0 Å². The number of aryl methyl sites for hydroxylation is 1. The number of nitrogens with zero attached hydrogens (tertiary/aromatic N) is 1. The topological polar surface area (TPSA) is 78.5 Å². The molecule has 0 atom stereocenters. The van der Waals surface area contributed by atoms with Crippen molar-refractivity contribution in [3.05, 3.63) is 35.5 Å². The number of carbonyl (C=O) groups excluding carboxylic acids is 1. The first-order chi connectivity index (χ1) is 14.1. The Bertz CT molecular complexity index is 835. The fraction of sp³-hybridized carbons (Fsp3) is 0.565. The molecule has 6 heteroatoms. The smallest absolute Gasteiger partial charge is 0.308 e. The van der Waals surface area contributed by atoms with Crippen molar-refractivity contribution in [3.8, 4) is 0 Å². The maximum Gasteiger partial charge on any atom is 0.308 e. The number of hydrogen-bond acceptors (Lipinski definition) is 3. The van der Waals surface area contributed by atoms with Gasteiger partial charge in [0.25, 0.3) is 0 Å². The first-order valence-electron chi connectivity index (χ1n) is 10.9. The number of fused-ring (bicyclic) bond motifs is 1. The summed E-state index contributed by atoms with van der Waals surface area (Å²) in [5.41, 5.74) is 3.79. The van der Waals surface area contributed by atoms with Crippen LogP contribution in [0.25, 0.3) is 10.9 Å². The van der Waals surface area contributed by atoms with Gasteiger partial charge in [0.15, 0.2) is 5.96 Å². The first-order valence-corrected chi connectivity index (χ1v) is 10.9. The normalized spacial score (nSPS) is 19.9. The Kier molecular flexibility index (Phi) is 7.55. The van der Waals surface area contributed by atoms with E-state index in [9.17, 15) is 4.79 Å². The van der Waals surface area contributed by atoms with Crippen LogP contribution in [0, 0.1) is 12.8 Å². The molecule has 1 saturated carbocycles. The largest absolute Gasteiger partial charge is 0.466 e. The summed E-state index contributed by atoms with van der Waals surface area (Å²) in [5, 5.41) is 8.19. The fourth-order valence-electron chi connectivity index (χ4n) is 4.11. The van der Waals surface area contributed by atoms with Crippen LogP contribution >= 0.6 is 0 Å². The number of carbonyl (C=O) groups is 1. The second-order valence-corrected chi connectivity index (χ2v) is 7.77. The molecule has 0 spiro atoms. The zero-order valence-corrected chi connectivity index (χ0v) is 17.9. The Balaban J connectivity index is 1.53. The van der Waals surface area contributed by atoms with Crippen molar-refractivity contribution in [3.63, 3.8) is 0 Å². The molecular weight excluding hydrogens is 364 g/mol. The molecule has 158 valence electrons. The highest BCUT2D eigenvalue weighted by molar-refractivity contribution is 5.86. The third-order valence-corrected chi connectivity index (χ3v) is 5.69. The monoisotopic (exact) mass is 398 g/mol. The highest BCUT2D eigenvalue weighted by atomic mass is 16.5. The quantitative estimate of drug-likeness (QED) is 0.378. The fourth-order valence-corrected chi connectivity index (χ4v) is 4.11. The Hall–Kier alpha value is -2.50. The Morgan fingerprint density at radius 3 is 2.76 bits per heavy atom. The molecule has 6 nitrogen and oxygen atoms in total. The third kappa shape index (κ3) is 5.52. The molecule has 0 aliphatic heterocycles. The number of ether oxygens (including phenoxy) is 1. The number of esters is 1. The molecule has 2 aromatic rings. The van der Waals surface area contributed by atoms with Crippen LogP contribution in [0.5, 0.6) is 0 Å². The third-order valence-electron chi connectivity index (χ3n) is 5.69. The molecule has 0 saturated heterocycles. The van der Waals surface area contributed by atoms with Gasteiger partial charge in [-0.15, -0.1) is 0 Å². The maximum atomic E-state index is 11.9. The highest BCUT2D eigenvalue weighted by Crippen LogP contribution is 2.25. The van der Waals surface area contributed by atoms with E-state index in [2.05, 4.69) is 53.9 Å². The van der Waals surface area contributed by atoms with E-state index in [0.717, 1.165) is 51.2 Å². The average molecular weight is 399 g/mol. The summed E-state index contributed by atoms with van der Waals surface area (Å²) in [6, 6.07) is 6.76. The second kappa shape index (κ2) is 10.3. The number of rotatable bonds is 7. The first kappa shape index (κ1) is 21.2. The van der Waals surface area contributed by atoms with Crippen molar-refractivity contribution in [2.75, 3.05) is 19.7 Å². The minimum Gasteiger partial charge on any atom is -0.466 e. The van der Waals surface area contributed by atoms with Gasteiger partial charge < -0.3 is 20.4 Å². The van der Waals surface area contributed by atoms with Crippen molar-refractivity contribution in [1.29, 1.82) is 0 Å². The van der Waals surface area contributed by atoms with Crippen molar-refractivity contribution < 1.29 is 9.53 Å². The minimum atomic E-state index is -0.0412. The number of guanidine groups is 1. The molecule has 3 rings (SSSR count). The van der Waals surface area contributed by atoms with Gasteiger partial charge in [0.1, 0.15) is 0 Å². The van der Waals surface area contributed by atoms with Gasteiger partial charge in [-0.25, -0.2) is 0 Å². The van der Waals surface area contributed by atoms with E-state index in [1.807, 2.05) is 6.92 Å². The summed E-state index contributed by atoms with van der Waals surface area (Å²) >= 11 is 0. The molecule has 29 heavy (non-hydrogen) atoms. The Labute approximate surface area is 173 Å². The van der Waals surface area contributed by atoms with Crippen LogP contribution in [0.1, 0.15) is 50.7 Å². The lowest BCUT2D eigenvalue weighted by molar-refractivity contribution is -0.149. The van der Waals surface area contributed by atoms with Crippen molar-refractivity contribution in [1.82, 2.24) is 15.6 Å². The molecule has 0 radical (unpaired) electrons. The molecule has 1 fully saturated rings. The van der Waals surface area contributed by atoms with Gasteiger partial charge >= 0.3 is 5.97 Å². The van der Waals surface area contributed by atoms with E-state index in [0.29, 0.717) is 12.6 Å². The van der Waals surface area contributed by atoms with Crippen LogP contribution < -0.4 is 10.6 Å². The van der Waals surface area contributed by atoms with E-state index < -0.39 is 0 Å². The average Bonchev–Trinajstić information content (AvgIpc) is 3.13. The lowest BCUT2D eigenvalue weighted by Gasteiger charge is -2.29. The number of aromatic amines is 1. The number of hydrogen-bond donors (Lipinski definition) is 3. The Morgan fingerprint density at radius 1 is 1.24 bits per heavy atom. The van der Waals surface area contributed by atoms with E-state index in [-0.39, 0.29) is 11.9 Å². The van der Waals surface area contributed by atoms with E-state index in [1.54, 1.807) is 0 Å². The maximum absolute atomic E-state index is 11.9. The predicted molar refractivity (Wildman–Crippen MR) is 118 cm³/mol. The summed E-state index contributed by atoms with van der Waals surface area (Å²) in [7, 11) is 0. The summed E-state index contributed by atoms with van der Waals surface area (Å²) in [5.74, 6) is 0.876. The summed E-state index contributed by atoms with van der Waals surface area (Å²) in [6.07, 6.45) is 6.69. The van der Waals surface area contributed by atoms with E-state index in [4.69, 9.17) is 9.73 Å². The zero-order valence-electron chi connectivity index (χ0n) is 17.9. The van der Waals surface area contributed by atoms with Crippen molar-refractivity contribution in [2.45, 2.75) is 58.9 Å². The molecular formula is C23H34N4O2. The lowest BCUT2D eigenvalue weighted by atomic mass is 9.86. The Morgan fingerprint density at radius 2 is 2.03 bits per heavy atom. The van der Waals surface area contributed by atoms with E-state index >= 15 is 0 Å². The van der Waals surface area contributed by atoms with Crippen LogP contribution in [0.4, 0.5) is 0 Å². The van der Waals surface area contributed by atoms with E-state index in [1.165, 1.54) is 22.0 Å². The molecule has 1 heterocycles. The number of aliphatic imine (C=N–C) groups is 1. The summed E-state index contributed by atoms with van der Waals surface area (Å²) in [4.78, 5) is 20.1. The molecule has 1 aliphatic rings. The predicted octanol–water partition coefficient (Wildman–Crippen LogP) is 3.70. The van der Waals surface area contributed by atoms with Gasteiger partial charge in [-0.1, -0.05) is 18.2 Å². The van der Waals surface area contributed by atoms with Crippen LogP contribution in [-0.2, 0) is 16.0 Å².